The van der Waals surface area contributed by atoms with E-state index in [1.165, 1.54) is 13.2 Å². The molecule has 0 aromatic heterocycles. The van der Waals surface area contributed by atoms with Crippen LogP contribution in [0.25, 0.3) is 0 Å². The van der Waals surface area contributed by atoms with E-state index in [1.54, 1.807) is 12.1 Å². The third-order valence-corrected chi connectivity index (χ3v) is 3.64. The number of methoxy groups -OCH3 is 1. The topological polar surface area (TPSA) is 67.4 Å². The van der Waals surface area contributed by atoms with E-state index in [-0.39, 0.29) is 11.8 Å². The van der Waals surface area contributed by atoms with Gasteiger partial charge in [-0.25, -0.2) is 4.79 Å². The molecule has 2 rings (SSSR count). The van der Waals surface area contributed by atoms with Crippen LogP contribution in [0.3, 0.4) is 0 Å². The monoisotopic (exact) mass is 296 g/mol. The minimum Gasteiger partial charge on any atom is -0.465 e. The molecule has 0 radical (unpaired) electrons. The first-order valence-corrected chi connectivity index (χ1v) is 6.89. The number of hydrogen-bond acceptors (Lipinski definition) is 4. The summed E-state index contributed by atoms with van der Waals surface area (Å²) >= 11 is 6.04. The lowest BCUT2D eigenvalue weighted by Gasteiger charge is -2.22. The molecule has 108 valence electrons. The predicted molar refractivity (Wildman–Crippen MR) is 77.0 cm³/mol. The molecule has 5 nitrogen and oxygen atoms in total. The molecular formula is C14H17ClN2O3. The number of nitrogens with one attached hydrogen (secondary N) is 2. The molecule has 1 aromatic carbocycles. The first-order chi connectivity index (χ1) is 9.61. The largest absolute Gasteiger partial charge is 0.465 e. The normalized spacial score (nSPS) is 18.4. The van der Waals surface area contributed by atoms with E-state index in [9.17, 15) is 9.59 Å². The van der Waals surface area contributed by atoms with Crippen LogP contribution in [0.1, 0.15) is 23.2 Å². The SMILES string of the molecule is COC(=O)c1ccc(Cl)c(NC(=O)[C@H]2CCCNC2)c1. The molecule has 1 fully saturated rings. The van der Waals surface area contributed by atoms with Gasteiger partial charge in [0.05, 0.1) is 29.3 Å². The van der Waals surface area contributed by atoms with Crippen molar-refractivity contribution in [2.24, 2.45) is 5.92 Å². The molecule has 0 saturated carbocycles. The lowest BCUT2D eigenvalue weighted by molar-refractivity contribution is -0.120. The molecule has 1 aromatic rings. The quantitative estimate of drug-likeness (QED) is 0.838. The number of anilines is 1. The van der Waals surface area contributed by atoms with Crippen LogP contribution in [-0.2, 0) is 9.53 Å². The maximum Gasteiger partial charge on any atom is 0.337 e. The van der Waals surface area contributed by atoms with Crippen molar-refractivity contribution in [3.8, 4) is 0 Å². The number of hydrogen-bond donors (Lipinski definition) is 2. The molecule has 20 heavy (non-hydrogen) atoms. The van der Waals surface area contributed by atoms with E-state index in [0.29, 0.717) is 22.8 Å². The number of carbonyl (C=O) groups is 2. The van der Waals surface area contributed by atoms with Gasteiger partial charge in [0.15, 0.2) is 0 Å². The summed E-state index contributed by atoms with van der Waals surface area (Å²) in [6.07, 6.45) is 1.83. The molecule has 6 heteroatoms. The molecule has 1 atom stereocenters. The Kier molecular flexibility index (Phi) is 4.98. The van der Waals surface area contributed by atoms with Crippen LogP contribution in [0, 0.1) is 5.92 Å². The van der Waals surface area contributed by atoms with Gasteiger partial charge in [-0.3, -0.25) is 4.79 Å². The van der Waals surface area contributed by atoms with Gasteiger partial charge in [-0.15, -0.1) is 0 Å². The summed E-state index contributed by atoms with van der Waals surface area (Å²) in [5.41, 5.74) is 0.791. The van der Waals surface area contributed by atoms with Crippen molar-refractivity contribution >= 4 is 29.2 Å². The second-order valence-corrected chi connectivity index (χ2v) is 5.13. The number of benzene rings is 1. The van der Waals surface area contributed by atoms with Crippen molar-refractivity contribution in [3.63, 3.8) is 0 Å². The summed E-state index contributed by atoms with van der Waals surface area (Å²) < 4.78 is 4.65. The minimum atomic E-state index is -0.462. The Labute approximate surface area is 122 Å². The van der Waals surface area contributed by atoms with Crippen molar-refractivity contribution in [1.82, 2.24) is 5.32 Å². The molecule has 1 amide bonds. The average molecular weight is 297 g/mol. The number of amides is 1. The number of esters is 1. The predicted octanol–water partition coefficient (Wildman–Crippen LogP) is 2.06. The van der Waals surface area contributed by atoms with Crippen molar-refractivity contribution < 1.29 is 14.3 Å². The zero-order valence-electron chi connectivity index (χ0n) is 11.2. The Morgan fingerprint density at radius 2 is 2.25 bits per heavy atom. The molecule has 0 aliphatic carbocycles. The molecule has 0 spiro atoms. The first kappa shape index (κ1) is 14.8. The van der Waals surface area contributed by atoms with Crippen molar-refractivity contribution in [2.75, 3.05) is 25.5 Å². The van der Waals surface area contributed by atoms with Crippen LogP contribution >= 0.6 is 11.6 Å². The van der Waals surface area contributed by atoms with Gasteiger partial charge in [0.1, 0.15) is 0 Å². The van der Waals surface area contributed by atoms with E-state index in [1.807, 2.05) is 0 Å². The molecule has 0 unspecified atom stereocenters. The zero-order chi connectivity index (χ0) is 14.5. The van der Waals surface area contributed by atoms with E-state index in [4.69, 9.17) is 11.6 Å². The van der Waals surface area contributed by atoms with Gasteiger partial charge in [0.2, 0.25) is 5.91 Å². The van der Waals surface area contributed by atoms with E-state index in [2.05, 4.69) is 15.4 Å². The number of piperidine rings is 1. The fourth-order valence-corrected chi connectivity index (χ4v) is 2.34. The Balaban J connectivity index is 2.11. The number of halogens is 1. The Morgan fingerprint density at radius 1 is 1.45 bits per heavy atom. The highest BCUT2D eigenvalue weighted by atomic mass is 35.5. The number of ether oxygens (including phenoxy) is 1. The number of carbonyl (C=O) groups excluding carboxylic acids is 2. The molecule has 1 saturated heterocycles. The smallest absolute Gasteiger partial charge is 0.337 e. The highest BCUT2D eigenvalue weighted by molar-refractivity contribution is 6.33. The second-order valence-electron chi connectivity index (χ2n) is 4.72. The van der Waals surface area contributed by atoms with Crippen molar-refractivity contribution in [3.05, 3.63) is 28.8 Å². The summed E-state index contributed by atoms with van der Waals surface area (Å²) in [4.78, 5) is 23.6. The summed E-state index contributed by atoms with van der Waals surface area (Å²) in [7, 11) is 1.31. The minimum absolute atomic E-state index is 0.0680. The molecule has 0 bridgehead atoms. The van der Waals surface area contributed by atoms with Crippen LogP contribution in [-0.4, -0.2) is 32.1 Å². The van der Waals surface area contributed by atoms with E-state index >= 15 is 0 Å². The van der Waals surface area contributed by atoms with Crippen LogP contribution < -0.4 is 10.6 Å². The highest BCUT2D eigenvalue weighted by Crippen LogP contribution is 2.24. The molecule has 1 aliphatic heterocycles. The molecule has 1 heterocycles. The fraction of sp³-hybridized carbons (Fsp3) is 0.429. The lowest BCUT2D eigenvalue weighted by atomic mass is 9.99. The summed E-state index contributed by atoms with van der Waals surface area (Å²) in [6.45, 7) is 1.61. The maximum absolute atomic E-state index is 12.1. The number of rotatable bonds is 3. The van der Waals surface area contributed by atoms with Crippen LogP contribution in [0.4, 0.5) is 5.69 Å². The Hall–Kier alpha value is -1.59. The van der Waals surface area contributed by atoms with Gasteiger partial charge < -0.3 is 15.4 Å². The van der Waals surface area contributed by atoms with Gasteiger partial charge in [0, 0.05) is 6.54 Å². The molecule has 2 N–H and O–H groups in total. The summed E-state index contributed by atoms with van der Waals surface area (Å²) in [5, 5.41) is 6.37. The van der Waals surface area contributed by atoms with Gasteiger partial charge in [-0.1, -0.05) is 11.6 Å². The third kappa shape index (κ3) is 3.49. The second kappa shape index (κ2) is 6.72. The van der Waals surface area contributed by atoms with Gasteiger partial charge >= 0.3 is 5.97 Å². The maximum atomic E-state index is 12.1. The first-order valence-electron chi connectivity index (χ1n) is 6.51. The molecule has 1 aliphatic rings. The Morgan fingerprint density at radius 3 is 2.90 bits per heavy atom. The van der Waals surface area contributed by atoms with Gasteiger partial charge in [0.25, 0.3) is 0 Å². The van der Waals surface area contributed by atoms with E-state index in [0.717, 1.165) is 19.4 Å². The zero-order valence-corrected chi connectivity index (χ0v) is 12.0. The van der Waals surface area contributed by atoms with Gasteiger partial charge in [-0.05, 0) is 37.6 Å². The average Bonchev–Trinajstić information content (AvgIpc) is 2.49. The highest BCUT2D eigenvalue weighted by Gasteiger charge is 2.21. The lowest BCUT2D eigenvalue weighted by Crippen LogP contribution is -2.37. The third-order valence-electron chi connectivity index (χ3n) is 3.31. The van der Waals surface area contributed by atoms with Gasteiger partial charge in [-0.2, -0.15) is 0 Å². The Bertz CT molecular complexity index is 513. The fourth-order valence-electron chi connectivity index (χ4n) is 2.18. The van der Waals surface area contributed by atoms with E-state index < -0.39 is 5.97 Å². The summed E-state index contributed by atoms with van der Waals surface area (Å²) in [6, 6.07) is 4.66. The van der Waals surface area contributed by atoms with Crippen molar-refractivity contribution in [2.45, 2.75) is 12.8 Å². The van der Waals surface area contributed by atoms with Crippen LogP contribution in [0.5, 0.6) is 0 Å². The van der Waals surface area contributed by atoms with Crippen molar-refractivity contribution in [1.29, 1.82) is 0 Å². The molecular weight excluding hydrogens is 280 g/mol. The van der Waals surface area contributed by atoms with Crippen LogP contribution in [0.15, 0.2) is 18.2 Å². The standard InChI is InChI=1S/C14H17ClN2O3/c1-20-14(19)9-4-5-11(15)12(7-9)17-13(18)10-3-2-6-16-8-10/h4-5,7,10,16H,2-3,6,8H2,1H3,(H,17,18)/t10-/m0/s1. The van der Waals surface area contributed by atoms with Crippen LogP contribution in [0.2, 0.25) is 5.02 Å². The summed E-state index contributed by atoms with van der Waals surface area (Å²) in [5.74, 6) is -0.612.